The molecule has 0 amide bonds. The number of rotatable bonds is 5. The van der Waals surface area contributed by atoms with E-state index in [-0.39, 0.29) is 0 Å². The molecule has 1 fully saturated rings. The molecule has 0 spiro atoms. The Balaban J connectivity index is 1.84. The zero-order chi connectivity index (χ0) is 13.1. The molecular weight excluding hydrogens is 248 g/mol. The smallest absolute Gasteiger partial charge is 0.131 e. The maximum atomic E-state index is 6.25. The van der Waals surface area contributed by atoms with Crippen molar-refractivity contribution < 1.29 is 0 Å². The van der Waals surface area contributed by atoms with Crippen molar-refractivity contribution in [1.29, 1.82) is 0 Å². The Hall–Kier alpha value is -0.580. The van der Waals surface area contributed by atoms with Crippen LogP contribution >= 0.6 is 11.6 Å². The van der Waals surface area contributed by atoms with Gasteiger partial charge in [-0.3, -0.25) is 4.68 Å². The number of halogens is 1. The molecule has 2 rings (SSSR count). The Bertz CT molecular complexity index is 396. The minimum Gasteiger partial charge on any atom is -0.302 e. The molecule has 1 aliphatic heterocycles. The van der Waals surface area contributed by atoms with E-state index in [0.29, 0.717) is 0 Å². The summed E-state index contributed by atoms with van der Waals surface area (Å²) in [6.07, 6.45) is 2.72. The van der Waals surface area contributed by atoms with Crippen molar-refractivity contribution in [3.05, 3.63) is 16.4 Å². The summed E-state index contributed by atoms with van der Waals surface area (Å²) in [7, 11) is 4.04. The molecule has 0 N–H and O–H groups in total. The molecular formula is C13H23ClN4. The van der Waals surface area contributed by atoms with Crippen LogP contribution in [0.5, 0.6) is 0 Å². The van der Waals surface area contributed by atoms with Crippen molar-refractivity contribution in [3.63, 3.8) is 0 Å². The van der Waals surface area contributed by atoms with Crippen molar-refractivity contribution in [2.75, 3.05) is 33.2 Å². The first-order chi connectivity index (χ1) is 8.58. The normalized spacial score (nSPS) is 16.9. The van der Waals surface area contributed by atoms with E-state index >= 15 is 0 Å². The monoisotopic (exact) mass is 270 g/mol. The maximum absolute atomic E-state index is 6.25. The second-order valence-corrected chi connectivity index (χ2v) is 5.62. The van der Waals surface area contributed by atoms with Gasteiger partial charge in [-0.15, -0.1) is 0 Å². The van der Waals surface area contributed by atoms with Crippen LogP contribution in [0.1, 0.15) is 24.1 Å². The van der Waals surface area contributed by atoms with Gasteiger partial charge in [0.1, 0.15) is 5.15 Å². The van der Waals surface area contributed by atoms with Crippen LogP contribution in [0.3, 0.4) is 0 Å². The van der Waals surface area contributed by atoms with Gasteiger partial charge in [-0.1, -0.05) is 11.6 Å². The van der Waals surface area contributed by atoms with Crippen LogP contribution in [0.4, 0.5) is 0 Å². The number of hydrogen-bond donors (Lipinski definition) is 0. The molecule has 0 atom stereocenters. The van der Waals surface area contributed by atoms with Gasteiger partial charge in [0, 0.05) is 32.2 Å². The van der Waals surface area contributed by atoms with E-state index in [2.05, 4.69) is 21.9 Å². The summed E-state index contributed by atoms with van der Waals surface area (Å²) in [6, 6.07) is 0. The van der Waals surface area contributed by atoms with E-state index in [0.717, 1.165) is 36.0 Å². The first-order valence-corrected chi connectivity index (χ1v) is 7.04. The lowest BCUT2D eigenvalue weighted by atomic mass is 10.2. The third-order valence-electron chi connectivity index (χ3n) is 3.69. The van der Waals surface area contributed by atoms with Gasteiger partial charge in [-0.25, -0.2) is 0 Å². The van der Waals surface area contributed by atoms with Crippen LogP contribution in [0.2, 0.25) is 5.15 Å². The van der Waals surface area contributed by atoms with Crippen molar-refractivity contribution in [1.82, 2.24) is 19.6 Å². The molecule has 4 nitrogen and oxygen atoms in total. The fourth-order valence-electron chi connectivity index (χ4n) is 2.52. The van der Waals surface area contributed by atoms with Gasteiger partial charge in [0.05, 0.1) is 5.69 Å². The predicted molar refractivity (Wildman–Crippen MR) is 75.0 cm³/mol. The van der Waals surface area contributed by atoms with E-state index in [9.17, 15) is 0 Å². The molecule has 102 valence electrons. The van der Waals surface area contributed by atoms with E-state index < -0.39 is 0 Å². The summed E-state index contributed by atoms with van der Waals surface area (Å²) < 4.78 is 1.75. The second-order valence-electron chi connectivity index (χ2n) is 5.26. The molecule has 2 heterocycles. The van der Waals surface area contributed by atoms with E-state index in [1.165, 1.54) is 25.9 Å². The molecule has 0 bridgehead atoms. The zero-order valence-electron chi connectivity index (χ0n) is 11.6. The highest BCUT2D eigenvalue weighted by Crippen LogP contribution is 2.20. The number of likely N-dealkylation sites (N-methyl/N-ethyl adjacent to an activating group) is 1. The minimum atomic E-state index is 0.764. The number of likely N-dealkylation sites (tertiary alicyclic amines) is 1. The van der Waals surface area contributed by atoms with Gasteiger partial charge in [-0.05, 0) is 39.9 Å². The van der Waals surface area contributed by atoms with E-state index in [1.54, 1.807) is 4.68 Å². The third-order valence-corrected chi connectivity index (χ3v) is 4.17. The standard InChI is InChI=1S/C13H23ClN4/c1-11-12(13(14)17(3)15-11)10-16(2)8-9-18-6-4-5-7-18/h4-10H2,1-3H3. The van der Waals surface area contributed by atoms with Gasteiger partial charge in [0.15, 0.2) is 0 Å². The summed E-state index contributed by atoms with van der Waals surface area (Å²) >= 11 is 6.25. The van der Waals surface area contributed by atoms with Crippen molar-refractivity contribution >= 4 is 11.6 Å². The molecule has 1 aromatic heterocycles. The summed E-state index contributed by atoms with van der Waals surface area (Å²) in [4.78, 5) is 4.86. The fraction of sp³-hybridized carbons (Fsp3) is 0.769. The Morgan fingerprint density at radius 1 is 1.33 bits per heavy atom. The highest BCUT2D eigenvalue weighted by atomic mass is 35.5. The molecule has 0 radical (unpaired) electrons. The molecule has 0 aliphatic carbocycles. The molecule has 1 aliphatic rings. The number of hydrogen-bond acceptors (Lipinski definition) is 3. The summed E-state index contributed by atoms with van der Waals surface area (Å²) in [5.74, 6) is 0. The summed E-state index contributed by atoms with van der Waals surface area (Å²) in [6.45, 7) is 7.68. The average Bonchev–Trinajstić information content (AvgIpc) is 2.92. The SMILES string of the molecule is Cc1nn(C)c(Cl)c1CN(C)CCN1CCCC1. The lowest BCUT2D eigenvalue weighted by molar-refractivity contribution is 0.252. The second kappa shape index (κ2) is 6.04. The molecule has 5 heteroatoms. The fourth-order valence-corrected chi connectivity index (χ4v) is 2.76. The van der Waals surface area contributed by atoms with Crippen molar-refractivity contribution in [3.8, 4) is 0 Å². The third kappa shape index (κ3) is 3.25. The molecule has 18 heavy (non-hydrogen) atoms. The van der Waals surface area contributed by atoms with Gasteiger partial charge in [0.2, 0.25) is 0 Å². The topological polar surface area (TPSA) is 24.3 Å². The lowest BCUT2D eigenvalue weighted by Gasteiger charge is -2.21. The Kier molecular flexibility index (Phi) is 4.65. The first kappa shape index (κ1) is 13.8. The minimum absolute atomic E-state index is 0.764. The van der Waals surface area contributed by atoms with Crippen LogP contribution in [0.25, 0.3) is 0 Å². The van der Waals surface area contributed by atoms with Gasteiger partial charge >= 0.3 is 0 Å². The number of aryl methyl sites for hydroxylation is 2. The zero-order valence-corrected chi connectivity index (χ0v) is 12.4. The summed E-state index contributed by atoms with van der Waals surface area (Å²) in [5, 5.41) is 5.11. The Morgan fingerprint density at radius 2 is 2.00 bits per heavy atom. The quantitative estimate of drug-likeness (QED) is 0.817. The molecule has 0 unspecified atom stereocenters. The summed E-state index contributed by atoms with van der Waals surface area (Å²) in [5.41, 5.74) is 2.19. The van der Waals surface area contributed by atoms with Crippen LogP contribution in [-0.2, 0) is 13.6 Å². The molecule has 0 saturated carbocycles. The predicted octanol–water partition coefficient (Wildman–Crippen LogP) is 1.91. The number of aromatic nitrogens is 2. The van der Waals surface area contributed by atoms with Gasteiger partial charge < -0.3 is 9.80 Å². The van der Waals surface area contributed by atoms with Crippen LogP contribution in [0, 0.1) is 6.92 Å². The maximum Gasteiger partial charge on any atom is 0.131 e. The van der Waals surface area contributed by atoms with Gasteiger partial charge in [-0.2, -0.15) is 5.10 Å². The molecule has 1 saturated heterocycles. The van der Waals surface area contributed by atoms with Gasteiger partial charge in [0.25, 0.3) is 0 Å². The number of nitrogens with zero attached hydrogens (tertiary/aromatic N) is 4. The van der Waals surface area contributed by atoms with E-state index in [4.69, 9.17) is 11.6 Å². The van der Waals surface area contributed by atoms with Crippen LogP contribution < -0.4 is 0 Å². The Labute approximate surface area is 115 Å². The lowest BCUT2D eigenvalue weighted by Crippen LogP contribution is -2.31. The Morgan fingerprint density at radius 3 is 2.56 bits per heavy atom. The van der Waals surface area contributed by atoms with E-state index in [1.807, 2.05) is 14.0 Å². The molecule has 1 aromatic rings. The molecule has 0 aromatic carbocycles. The van der Waals surface area contributed by atoms with Crippen LogP contribution in [0.15, 0.2) is 0 Å². The average molecular weight is 271 g/mol. The highest BCUT2D eigenvalue weighted by Gasteiger charge is 2.15. The van der Waals surface area contributed by atoms with Crippen molar-refractivity contribution in [2.24, 2.45) is 7.05 Å². The van der Waals surface area contributed by atoms with Crippen molar-refractivity contribution in [2.45, 2.75) is 26.3 Å². The first-order valence-electron chi connectivity index (χ1n) is 6.67. The van der Waals surface area contributed by atoms with Crippen LogP contribution in [-0.4, -0.2) is 52.8 Å². The highest BCUT2D eigenvalue weighted by molar-refractivity contribution is 6.30. The largest absolute Gasteiger partial charge is 0.302 e.